The van der Waals surface area contributed by atoms with Crippen LogP contribution in [0.15, 0.2) is 31.0 Å². The predicted molar refractivity (Wildman–Crippen MR) is 104 cm³/mol. The average molecular weight is 345 g/mol. The molecule has 0 aromatic carbocycles. The zero-order valence-electron chi connectivity index (χ0n) is 15.1. The maximum Gasteiger partial charge on any atom is 0.146 e. The van der Waals surface area contributed by atoms with Crippen LogP contribution in [-0.2, 0) is 0 Å². The molecule has 1 atom stereocenters. The van der Waals surface area contributed by atoms with Crippen LogP contribution in [-0.4, -0.2) is 35.6 Å². The first kappa shape index (κ1) is 16.7. The first-order valence-corrected chi connectivity index (χ1v) is 9.22. The Hall–Kier alpha value is -2.71. The van der Waals surface area contributed by atoms with Gasteiger partial charge in [0.2, 0.25) is 0 Å². The second-order valence-electron chi connectivity index (χ2n) is 7.15. The van der Waals surface area contributed by atoms with Crippen molar-refractivity contribution in [3.63, 3.8) is 0 Å². The monoisotopic (exact) mass is 345 g/mol. The van der Waals surface area contributed by atoms with Gasteiger partial charge in [-0.1, -0.05) is 6.58 Å². The second kappa shape index (κ2) is 6.89. The van der Waals surface area contributed by atoms with Crippen LogP contribution in [0, 0.1) is 11.3 Å². The van der Waals surface area contributed by atoms with E-state index in [4.69, 9.17) is 4.98 Å². The van der Waals surface area contributed by atoms with Gasteiger partial charge in [-0.05, 0) is 49.6 Å². The summed E-state index contributed by atoms with van der Waals surface area (Å²) in [6.45, 7) is 8.65. The third kappa shape index (κ3) is 3.21. The maximum absolute atomic E-state index is 9.77. The van der Waals surface area contributed by atoms with Gasteiger partial charge in [0, 0.05) is 43.4 Å². The number of nitrogens with zero attached hydrogens (tertiary/aromatic N) is 4. The Kier molecular flexibility index (Phi) is 4.44. The van der Waals surface area contributed by atoms with Gasteiger partial charge < -0.3 is 10.2 Å². The molecule has 1 saturated heterocycles. The van der Waals surface area contributed by atoms with E-state index in [0.29, 0.717) is 17.5 Å². The van der Waals surface area contributed by atoms with E-state index in [9.17, 15) is 5.26 Å². The minimum absolute atomic E-state index is 0.400. The number of nitrogens with one attached hydrogen (secondary N) is 1. The van der Waals surface area contributed by atoms with Gasteiger partial charge in [-0.3, -0.25) is 4.98 Å². The summed E-state index contributed by atoms with van der Waals surface area (Å²) in [6.07, 6.45) is 5.88. The fourth-order valence-electron chi connectivity index (χ4n) is 3.59. The molecule has 2 fully saturated rings. The van der Waals surface area contributed by atoms with Crippen molar-refractivity contribution in [2.45, 2.75) is 31.7 Å². The predicted octanol–water partition coefficient (Wildman–Crippen LogP) is 3.33. The van der Waals surface area contributed by atoms with E-state index in [-0.39, 0.29) is 0 Å². The lowest BCUT2D eigenvalue weighted by Crippen LogP contribution is -2.49. The van der Waals surface area contributed by atoms with Crippen LogP contribution < -0.4 is 10.2 Å². The van der Waals surface area contributed by atoms with Crippen LogP contribution in [0.25, 0.3) is 17.2 Å². The van der Waals surface area contributed by atoms with E-state index in [1.807, 2.05) is 18.2 Å². The van der Waals surface area contributed by atoms with Crippen molar-refractivity contribution in [3.8, 4) is 17.2 Å². The molecule has 1 N–H and O–H groups in total. The molecular weight excluding hydrogens is 322 g/mol. The van der Waals surface area contributed by atoms with E-state index in [1.165, 1.54) is 12.8 Å². The SMILES string of the molecule is C=Cc1cc(-c2cc(C#N)c(N3CCNC(C)C3)nc2C2CC2)ccn1. The highest BCUT2D eigenvalue weighted by Gasteiger charge is 2.31. The van der Waals surface area contributed by atoms with Crippen LogP contribution in [0.1, 0.15) is 42.6 Å². The minimum Gasteiger partial charge on any atom is -0.353 e. The summed E-state index contributed by atoms with van der Waals surface area (Å²) in [5.74, 6) is 1.33. The van der Waals surface area contributed by atoms with E-state index in [2.05, 4.69) is 34.8 Å². The largest absolute Gasteiger partial charge is 0.353 e. The Morgan fingerprint density at radius 1 is 1.38 bits per heavy atom. The van der Waals surface area contributed by atoms with Gasteiger partial charge in [0.05, 0.1) is 17.0 Å². The molecule has 0 amide bonds. The van der Waals surface area contributed by atoms with Gasteiger partial charge in [-0.2, -0.15) is 5.26 Å². The van der Waals surface area contributed by atoms with Gasteiger partial charge in [0.1, 0.15) is 11.9 Å². The maximum atomic E-state index is 9.77. The lowest BCUT2D eigenvalue weighted by Gasteiger charge is -2.33. The number of rotatable bonds is 4. The number of nitriles is 1. The zero-order valence-corrected chi connectivity index (χ0v) is 15.1. The van der Waals surface area contributed by atoms with Gasteiger partial charge in [-0.25, -0.2) is 4.98 Å². The Morgan fingerprint density at radius 3 is 2.92 bits per heavy atom. The average Bonchev–Trinajstić information content (AvgIpc) is 3.52. The summed E-state index contributed by atoms with van der Waals surface area (Å²) in [6, 6.07) is 8.80. The summed E-state index contributed by atoms with van der Waals surface area (Å²) >= 11 is 0. The molecule has 1 unspecified atom stereocenters. The molecule has 2 aromatic heterocycles. The highest BCUT2D eigenvalue weighted by molar-refractivity contribution is 5.73. The molecule has 26 heavy (non-hydrogen) atoms. The molecule has 2 aromatic rings. The van der Waals surface area contributed by atoms with E-state index in [0.717, 1.165) is 48.0 Å². The second-order valence-corrected chi connectivity index (χ2v) is 7.15. The quantitative estimate of drug-likeness (QED) is 0.921. The van der Waals surface area contributed by atoms with Crippen molar-refractivity contribution in [2.75, 3.05) is 24.5 Å². The molecule has 5 nitrogen and oxygen atoms in total. The Morgan fingerprint density at radius 2 is 2.23 bits per heavy atom. The number of hydrogen-bond donors (Lipinski definition) is 1. The molecule has 1 saturated carbocycles. The first-order chi connectivity index (χ1) is 12.7. The summed E-state index contributed by atoms with van der Waals surface area (Å²) in [7, 11) is 0. The minimum atomic E-state index is 0.400. The molecule has 4 rings (SSSR count). The molecule has 5 heteroatoms. The normalized spacial score (nSPS) is 19.8. The molecule has 0 bridgehead atoms. The first-order valence-electron chi connectivity index (χ1n) is 9.22. The Balaban J connectivity index is 1.82. The standard InChI is InChI=1S/C21H23N5/c1-3-18-10-16(6-7-24-18)19-11-17(12-22)21(25-20(19)15-4-5-15)26-9-8-23-14(2)13-26/h3,6-7,10-11,14-15,23H,1,4-5,8-9,13H2,2H3. The van der Waals surface area contributed by atoms with Crippen LogP contribution in [0.3, 0.4) is 0 Å². The van der Waals surface area contributed by atoms with Crippen LogP contribution in [0.2, 0.25) is 0 Å². The molecule has 0 spiro atoms. The number of anilines is 1. The number of piperazine rings is 1. The van der Waals surface area contributed by atoms with Gasteiger partial charge in [0.15, 0.2) is 0 Å². The molecule has 2 aliphatic rings. The topological polar surface area (TPSA) is 64.8 Å². The van der Waals surface area contributed by atoms with Crippen molar-refractivity contribution in [3.05, 3.63) is 47.9 Å². The molecule has 3 heterocycles. The lowest BCUT2D eigenvalue weighted by molar-refractivity contribution is 0.482. The molecule has 132 valence electrons. The zero-order chi connectivity index (χ0) is 18.1. The van der Waals surface area contributed by atoms with Crippen molar-refractivity contribution >= 4 is 11.9 Å². The van der Waals surface area contributed by atoms with Crippen LogP contribution in [0.5, 0.6) is 0 Å². The Labute approximate surface area is 154 Å². The fourth-order valence-corrected chi connectivity index (χ4v) is 3.59. The third-order valence-electron chi connectivity index (χ3n) is 5.09. The van der Waals surface area contributed by atoms with Gasteiger partial charge in [-0.15, -0.1) is 0 Å². The molecule has 1 aliphatic heterocycles. The highest BCUT2D eigenvalue weighted by atomic mass is 15.2. The van der Waals surface area contributed by atoms with E-state index in [1.54, 1.807) is 12.3 Å². The molecule has 0 radical (unpaired) electrons. The van der Waals surface area contributed by atoms with E-state index < -0.39 is 0 Å². The Bertz CT molecular complexity index is 878. The van der Waals surface area contributed by atoms with Gasteiger partial charge in [0.25, 0.3) is 0 Å². The van der Waals surface area contributed by atoms with Crippen molar-refractivity contribution in [1.29, 1.82) is 5.26 Å². The van der Waals surface area contributed by atoms with Crippen LogP contribution >= 0.6 is 0 Å². The molecular formula is C21H23N5. The van der Waals surface area contributed by atoms with Crippen molar-refractivity contribution in [1.82, 2.24) is 15.3 Å². The third-order valence-corrected chi connectivity index (χ3v) is 5.09. The highest BCUT2D eigenvalue weighted by Crippen LogP contribution is 2.45. The summed E-state index contributed by atoms with van der Waals surface area (Å²) in [5.41, 5.74) is 4.71. The number of pyridine rings is 2. The lowest BCUT2D eigenvalue weighted by atomic mass is 9.99. The summed E-state index contributed by atoms with van der Waals surface area (Å²) in [5, 5.41) is 13.2. The van der Waals surface area contributed by atoms with Gasteiger partial charge >= 0.3 is 0 Å². The van der Waals surface area contributed by atoms with E-state index >= 15 is 0 Å². The fraction of sp³-hybridized carbons (Fsp3) is 0.381. The smallest absolute Gasteiger partial charge is 0.146 e. The van der Waals surface area contributed by atoms with Crippen LogP contribution in [0.4, 0.5) is 5.82 Å². The molecule has 1 aliphatic carbocycles. The number of hydrogen-bond acceptors (Lipinski definition) is 5. The van der Waals surface area contributed by atoms with Crippen molar-refractivity contribution < 1.29 is 0 Å². The summed E-state index contributed by atoms with van der Waals surface area (Å²) < 4.78 is 0. The van der Waals surface area contributed by atoms with Crippen molar-refractivity contribution in [2.24, 2.45) is 0 Å². The summed E-state index contributed by atoms with van der Waals surface area (Å²) in [4.78, 5) is 11.6. The number of aromatic nitrogens is 2.